The van der Waals surface area contributed by atoms with Gasteiger partial charge in [0.2, 0.25) is 0 Å². The number of thiazole rings is 1. The topological polar surface area (TPSA) is 76.3 Å². The zero-order valence-corrected chi connectivity index (χ0v) is 14.6. The second-order valence-electron chi connectivity index (χ2n) is 6.73. The molecule has 2 fully saturated rings. The molecular formula is C18H19N3O3S. The van der Waals surface area contributed by atoms with Crippen LogP contribution in [-0.4, -0.2) is 32.8 Å². The third-order valence-corrected chi connectivity index (χ3v) is 5.81. The van der Waals surface area contributed by atoms with Crippen LogP contribution in [0.3, 0.4) is 0 Å². The smallest absolute Gasteiger partial charge is 0.273 e. The van der Waals surface area contributed by atoms with E-state index in [1.807, 2.05) is 0 Å². The summed E-state index contributed by atoms with van der Waals surface area (Å²) in [5.41, 5.74) is 1.17. The molecule has 0 atom stereocenters. The van der Waals surface area contributed by atoms with E-state index in [4.69, 9.17) is 0 Å². The Morgan fingerprint density at radius 2 is 1.92 bits per heavy atom. The number of nitrogens with zero attached hydrogens (tertiary/aromatic N) is 3. The number of hydrogen-bond donors (Lipinski definition) is 0. The summed E-state index contributed by atoms with van der Waals surface area (Å²) in [6.45, 7) is 0. The van der Waals surface area contributed by atoms with E-state index in [0.29, 0.717) is 28.3 Å². The molecule has 6 nitrogen and oxygen atoms in total. The lowest BCUT2D eigenvalue weighted by Crippen LogP contribution is -2.40. The summed E-state index contributed by atoms with van der Waals surface area (Å²) < 4.78 is 0. The largest absolute Gasteiger partial charge is 0.331 e. The molecule has 130 valence electrons. The molecular weight excluding hydrogens is 338 g/mol. The van der Waals surface area contributed by atoms with Crippen molar-refractivity contribution in [2.24, 2.45) is 0 Å². The van der Waals surface area contributed by atoms with Crippen molar-refractivity contribution in [3.8, 4) is 10.6 Å². The highest BCUT2D eigenvalue weighted by Gasteiger charge is 2.39. The molecule has 2 saturated carbocycles. The van der Waals surface area contributed by atoms with Crippen molar-refractivity contribution >= 4 is 22.9 Å². The van der Waals surface area contributed by atoms with Crippen LogP contribution in [0.1, 0.15) is 49.0 Å². The summed E-state index contributed by atoms with van der Waals surface area (Å²) in [4.78, 5) is 30.1. The Kier molecular flexibility index (Phi) is 4.25. The molecule has 1 heterocycles. The summed E-state index contributed by atoms with van der Waals surface area (Å²) in [5, 5.41) is 13.4. The van der Waals surface area contributed by atoms with E-state index in [-0.39, 0.29) is 11.6 Å². The summed E-state index contributed by atoms with van der Waals surface area (Å²) in [6.07, 6.45) is 6.73. The molecule has 25 heavy (non-hydrogen) atoms. The van der Waals surface area contributed by atoms with Gasteiger partial charge in [-0.05, 0) is 25.7 Å². The Bertz CT molecular complexity index is 809. The van der Waals surface area contributed by atoms with Gasteiger partial charge in [0.05, 0.1) is 4.92 Å². The number of benzene rings is 1. The quantitative estimate of drug-likeness (QED) is 0.591. The number of hydrogen-bond acceptors (Lipinski definition) is 5. The highest BCUT2D eigenvalue weighted by atomic mass is 32.1. The zero-order chi connectivity index (χ0) is 17.4. The minimum absolute atomic E-state index is 0.0160. The van der Waals surface area contributed by atoms with Crippen LogP contribution in [0.4, 0.5) is 5.69 Å². The van der Waals surface area contributed by atoms with E-state index in [1.165, 1.54) is 36.3 Å². The lowest BCUT2D eigenvalue weighted by molar-refractivity contribution is -0.384. The maximum atomic E-state index is 13.0. The van der Waals surface area contributed by atoms with E-state index in [1.54, 1.807) is 17.5 Å². The predicted molar refractivity (Wildman–Crippen MR) is 95.7 cm³/mol. The number of rotatable bonds is 5. The highest BCUT2D eigenvalue weighted by Crippen LogP contribution is 2.36. The lowest BCUT2D eigenvalue weighted by Gasteiger charge is -2.28. The first kappa shape index (κ1) is 16.2. The van der Waals surface area contributed by atoms with Crippen LogP contribution in [0.15, 0.2) is 29.6 Å². The maximum Gasteiger partial charge on any atom is 0.273 e. The molecule has 0 bridgehead atoms. The van der Waals surface area contributed by atoms with Crippen molar-refractivity contribution in [1.82, 2.24) is 9.88 Å². The fraction of sp³-hybridized carbons (Fsp3) is 0.444. The third kappa shape index (κ3) is 3.28. The summed E-state index contributed by atoms with van der Waals surface area (Å²) in [6, 6.07) is 7.11. The summed E-state index contributed by atoms with van der Waals surface area (Å²) >= 11 is 1.36. The number of carbonyl (C=O) groups is 1. The van der Waals surface area contributed by atoms with Gasteiger partial charge in [-0.3, -0.25) is 14.9 Å². The van der Waals surface area contributed by atoms with Crippen LogP contribution < -0.4 is 0 Å². The first-order valence-electron chi connectivity index (χ1n) is 8.66. The zero-order valence-electron chi connectivity index (χ0n) is 13.8. The molecule has 1 amide bonds. The molecule has 0 saturated heterocycles. The van der Waals surface area contributed by atoms with Crippen LogP contribution >= 0.6 is 11.3 Å². The van der Waals surface area contributed by atoms with Crippen molar-refractivity contribution in [2.75, 3.05) is 0 Å². The molecule has 2 aromatic rings. The van der Waals surface area contributed by atoms with Crippen LogP contribution in [0.5, 0.6) is 0 Å². The van der Waals surface area contributed by atoms with Gasteiger partial charge in [0, 0.05) is 35.2 Å². The van der Waals surface area contributed by atoms with Crippen LogP contribution in [0.25, 0.3) is 10.6 Å². The fourth-order valence-electron chi connectivity index (χ4n) is 3.55. The van der Waals surface area contributed by atoms with E-state index in [2.05, 4.69) is 9.88 Å². The Morgan fingerprint density at radius 1 is 1.20 bits per heavy atom. The summed E-state index contributed by atoms with van der Waals surface area (Å²) in [7, 11) is 0. The van der Waals surface area contributed by atoms with Crippen LogP contribution in [0, 0.1) is 10.1 Å². The SMILES string of the molecule is O=C(c1csc(-c2cccc([N+](=O)[O-])c2)n1)N(C1CCCC1)C1CC1. The number of carbonyl (C=O) groups excluding carboxylic acids is 1. The Morgan fingerprint density at radius 3 is 2.60 bits per heavy atom. The van der Waals surface area contributed by atoms with Gasteiger partial charge >= 0.3 is 0 Å². The van der Waals surface area contributed by atoms with E-state index in [9.17, 15) is 14.9 Å². The van der Waals surface area contributed by atoms with Gasteiger partial charge in [0.25, 0.3) is 11.6 Å². The molecule has 1 aromatic heterocycles. The normalized spacial score (nSPS) is 17.6. The Hall–Kier alpha value is -2.28. The molecule has 0 aliphatic heterocycles. The minimum Gasteiger partial charge on any atom is -0.331 e. The average Bonchev–Trinajstić information content (AvgIpc) is 3.11. The van der Waals surface area contributed by atoms with E-state index >= 15 is 0 Å². The Balaban J connectivity index is 1.58. The van der Waals surface area contributed by atoms with Gasteiger partial charge in [-0.15, -0.1) is 11.3 Å². The lowest BCUT2D eigenvalue weighted by atomic mass is 10.2. The van der Waals surface area contributed by atoms with Gasteiger partial charge in [-0.1, -0.05) is 25.0 Å². The molecule has 0 spiro atoms. The van der Waals surface area contributed by atoms with Gasteiger partial charge in [-0.25, -0.2) is 4.98 Å². The molecule has 0 N–H and O–H groups in total. The second-order valence-corrected chi connectivity index (χ2v) is 7.59. The third-order valence-electron chi connectivity index (χ3n) is 4.92. The van der Waals surface area contributed by atoms with Crippen molar-refractivity contribution in [3.05, 3.63) is 45.5 Å². The minimum atomic E-state index is -0.419. The van der Waals surface area contributed by atoms with Gasteiger partial charge in [-0.2, -0.15) is 0 Å². The second kappa shape index (κ2) is 6.55. The number of amides is 1. The molecule has 1 aromatic carbocycles. The molecule has 2 aliphatic carbocycles. The van der Waals surface area contributed by atoms with Crippen molar-refractivity contribution < 1.29 is 9.72 Å². The van der Waals surface area contributed by atoms with Gasteiger partial charge in [0.15, 0.2) is 0 Å². The predicted octanol–water partition coefficient (Wildman–Crippen LogP) is 4.27. The molecule has 4 rings (SSSR count). The molecule has 2 aliphatic rings. The number of aromatic nitrogens is 1. The molecule has 7 heteroatoms. The van der Waals surface area contributed by atoms with E-state index < -0.39 is 4.92 Å². The molecule has 0 unspecified atom stereocenters. The van der Waals surface area contributed by atoms with Crippen LogP contribution in [-0.2, 0) is 0 Å². The van der Waals surface area contributed by atoms with E-state index in [0.717, 1.165) is 25.7 Å². The van der Waals surface area contributed by atoms with Gasteiger partial charge in [0.1, 0.15) is 10.7 Å². The number of nitro groups is 1. The van der Waals surface area contributed by atoms with Crippen molar-refractivity contribution in [2.45, 2.75) is 50.6 Å². The average molecular weight is 357 g/mol. The summed E-state index contributed by atoms with van der Waals surface area (Å²) in [5.74, 6) is 0.0160. The van der Waals surface area contributed by atoms with Gasteiger partial charge < -0.3 is 4.90 Å². The molecule has 0 radical (unpaired) electrons. The van der Waals surface area contributed by atoms with Crippen molar-refractivity contribution in [3.63, 3.8) is 0 Å². The number of nitro benzene ring substituents is 1. The Labute approximate surface area is 149 Å². The van der Waals surface area contributed by atoms with Crippen LogP contribution in [0.2, 0.25) is 0 Å². The first-order valence-corrected chi connectivity index (χ1v) is 9.54. The maximum absolute atomic E-state index is 13.0. The standard InChI is InChI=1S/C18H19N3O3S/c22-18(20(14-8-9-14)13-5-1-2-6-13)16-11-25-17(19-16)12-4-3-7-15(10-12)21(23)24/h3-4,7,10-11,13-14H,1-2,5-6,8-9H2. The first-order chi connectivity index (χ1) is 12.1. The monoisotopic (exact) mass is 357 g/mol. The van der Waals surface area contributed by atoms with Crippen molar-refractivity contribution in [1.29, 1.82) is 0 Å². The fourth-order valence-corrected chi connectivity index (χ4v) is 4.35. The number of non-ortho nitro benzene ring substituents is 1. The highest BCUT2D eigenvalue weighted by molar-refractivity contribution is 7.13.